The van der Waals surface area contributed by atoms with Gasteiger partial charge >= 0.3 is 0 Å². The summed E-state index contributed by atoms with van der Waals surface area (Å²) in [4.78, 5) is 16.5. The van der Waals surface area contributed by atoms with Gasteiger partial charge in [0.2, 0.25) is 5.88 Å². The second kappa shape index (κ2) is 4.88. The molecule has 0 bridgehead atoms. The number of aldehydes is 1. The third-order valence-electron chi connectivity index (χ3n) is 4.00. The van der Waals surface area contributed by atoms with Crippen molar-refractivity contribution < 1.29 is 9.53 Å². The molecule has 0 spiro atoms. The SMILES string of the molecule is CC1CC(Oc2nc3sccn3c2C=O)CC(C)(C)C1. The van der Waals surface area contributed by atoms with E-state index in [0.29, 0.717) is 22.9 Å². The quantitative estimate of drug-likeness (QED) is 0.808. The summed E-state index contributed by atoms with van der Waals surface area (Å²) in [6.07, 6.45) is 6.12. The fourth-order valence-corrected chi connectivity index (χ4v) is 4.20. The molecule has 0 aliphatic heterocycles. The molecular formula is C15H20N2O2S. The first-order valence-electron chi connectivity index (χ1n) is 7.06. The van der Waals surface area contributed by atoms with Gasteiger partial charge in [0.1, 0.15) is 6.10 Å². The van der Waals surface area contributed by atoms with Crippen LogP contribution in [0.25, 0.3) is 4.96 Å². The molecule has 2 heterocycles. The van der Waals surface area contributed by atoms with E-state index >= 15 is 0 Å². The zero-order chi connectivity index (χ0) is 14.3. The molecule has 4 nitrogen and oxygen atoms in total. The Balaban J connectivity index is 1.85. The zero-order valence-electron chi connectivity index (χ0n) is 12.1. The molecule has 20 heavy (non-hydrogen) atoms. The molecule has 1 aliphatic carbocycles. The van der Waals surface area contributed by atoms with Gasteiger partial charge in [-0.3, -0.25) is 9.20 Å². The van der Waals surface area contributed by atoms with Crippen molar-refractivity contribution >= 4 is 22.6 Å². The molecule has 2 aromatic heterocycles. The normalized spacial score (nSPS) is 25.8. The molecule has 0 radical (unpaired) electrons. The van der Waals surface area contributed by atoms with Crippen molar-refractivity contribution in [3.05, 3.63) is 17.3 Å². The smallest absolute Gasteiger partial charge is 0.244 e. The highest BCUT2D eigenvalue weighted by Gasteiger charge is 2.34. The molecule has 0 amide bonds. The topological polar surface area (TPSA) is 43.6 Å². The molecule has 1 fully saturated rings. The molecule has 0 N–H and O–H groups in total. The fourth-order valence-electron chi connectivity index (χ4n) is 3.48. The van der Waals surface area contributed by atoms with Crippen LogP contribution in [0.3, 0.4) is 0 Å². The van der Waals surface area contributed by atoms with Gasteiger partial charge in [-0.15, -0.1) is 11.3 Å². The first kappa shape index (κ1) is 13.6. The number of thiazole rings is 1. The van der Waals surface area contributed by atoms with Gasteiger partial charge in [0.05, 0.1) is 0 Å². The van der Waals surface area contributed by atoms with Crippen LogP contribution in [0.4, 0.5) is 0 Å². The molecule has 0 aromatic carbocycles. The van der Waals surface area contributed by atoms with Gasteiger partial charge in [-0.1, -0.05) is 20.8 Å². The van der Waals surface area contributed by atoms with Crippen LogP contribution >= 0.6 is 11.3 Å². The first-order chi connectivity index (χ1) is 9.48. The number of hydrogen-bond donors (Lipinski definition) is 0. The van der Waals surface area contributed by atoms with Gasteiger partial charge in [0.15, 0.2) is 16.9 Å². The Kier molecular flexibility index (Phi) is 3.32. The third-order valence-corrected chi connectivity index (χ3v) is 4.76. The lowest BCUT2D eigenvalue weighted by Crippen LogP contribution is -2.34. The maximum Gasteiger partial charge on any atom is 0.244 e. The Labute approximate surface area is 122 Å². The van der Waals surface area contributed by atoms with E-state index in [2.05, 4.69) is 25.8 Å². The summed E-state index contributed by atoms with van der Waals surface area (Å²) >= 11 is 1.51. The van der Waals surface area contributed by atoms with Gasteiger partial charge < -0.3 is 4.74 Å². The predicted molar refractivity (Wildman–Crippen MR) is 79.7 cm³/mol. The summed E-state index contributed by atoms with van der Waals surface area (Å²) in [6, 6.07) is 0. The monoisotopic (exact) mass is 292 g/mol. The minimum atomic E-state index is 0.150. The highest BCUT2D eigenvalue weighted by Crippen LogP contribution is 2.40. The molecule has 108 valence electrons. The number of carbonyl (C=O) groups excluding carboxylic acids is 1. The van der Waals surface area contributed by atoms with Crippen molar-refractivity contribution in [1.82, 2.24) is 9.38 Å². The van der Waals surface area contributed by atoms with Crippen molar-refractivity contribution in [2.75, 3.05) is 0 Å². The number of fused-ring (bicyclic) bond motifs is 1. The van der Waals surface area contributed by atoms with E-state index in [9.17, 15) is 4.79 Å². The maximum atomic E-state index is 11.3. The second-order valence-electron chi connectivity index (χ2n) is 6.63. The Bertz CT molecular complexity index is 629. The summed E-state index contributed by atoms with van der Waals surface area (Å²) in [5.74, 6) is 1.13. The molecule has 2 unspecified atom stereocenters. The summed E-state index contributed by atoms with van der Waals surface area (Å²) in [6.45, 7) is 6.83. The molecule has 5 heteroatoms. The number of imidazole rings is 1. The summed E-state index contributed by atoms with van der Waals surface area (Å²) in [7, 11) is 0. The van der Waals surface area contributed by atoms with Crippen LogP contribution in [0.2, 0.25) is 0 Å². The minimum Gasteiger partial charge on any atom is -0.473 e. The summed E-state index contributed by atoms with van der Waals surface area (Å²) < 4.78 is 7.87. The second-order valence-corrected chi connectivity index (χ2v) is 7.50. The molecule has 1 saturated carbocycles. The number of hydrogen-bond acceptors (Lipinski definition) is 4. The van der Waals surface area contributed by atoms with Crippen molar-refractivity contribution in [2.45, 2.75) is 46.1 Å². The maximum absolute atomic E-state index is 11.3. The van der Waals surface area contributed by atoms with E-state index in [-0.39, 0.29) is 6.10 Å². The lowest BCUT2D eigenvalue weighted by Gasteiger charge is -2.38. The largest absolute Gasteiger partial charge is 0.473 e. The van der Waals surface area contributed by atoms with E-state index in [1.54, 1.807) is 4.40 Å². The number of aromatic nitrogens is 2. The van der Waals surface area contributed by atoms with Gasteiger partial charge in [-0.2, -0.15) is 4.98 Å². The van der Waals surface area contributed by atoms with Crippen LogP contribution in [-0.4, -0.2) is 21.8 Å². The molecule has 1 aliphatic rings. The van der Waals surface area contributed by atoms with Gasteiger partial charge in [0.25, 0.3) is 0 Å². The predicted octanol–water partition coefficient (Wildman–Crippen LogP) is 3.80. The van der Waals surface area contributed by atoms with E-state index in [1.165, 1.54) is 17.8 Å². The van der Waals surface area contributed by atoms with Crippen molar-refractivity contribution in [1.29, 1.82) is 0 Å². The molecule has 2 atom stereocenters. The van der Waals surface area contributed by atoms with E-state index in [1.807, 2.05) is 11.6 Å². The number of carbonyl (C=O) groups is 1. The van der Waals surface area contributed by atoms with Crippen LogP contribution < -0.4 is 4.74 Å². The Hall–Kier alpha value is -1.36. The lowest BCUT2D eigenvalue weighted by atomic mass is 9.71. The van der Waals surface area contributed by atoms with Crippen LogP contribution in [0.1, 0.15) is 50.5 Å². The van der Waals surface area contributed by atoms with E-state index in [4.69, 9.17) is 4.74 Å². The summed E-state index contributed by atoms with van der Waals surface area (Å²) in [5, 5.41) is 1.92. The fraction of sp³-hybridized carbons (Fsp3) is 0.600. The van der Waals surface area contributed by atoms with Crippen molar-refractivity contribution in [3.8, 4) is 5.88 Å². The zero-order valence-corrected chi connectivity index (χ0v) is 12.9. The van der Waals surface area contributed by atoms with Crippen LogP contribution in [0.5, 0.6) is 5.88 Å². The van der Waals surface area contributed by atoms with Crippen LogP contribution in [-0.2, 0) is 0 Å². The highest BCUT2D eigenvalue weighted by molar-refractivity contribution is 7.15. The molecule has 0 saturated heterocycles. The highest BCUT2D eigenvalue weighted by atomic mass is 32.1. The van der Waals surface area contributed by atoms with Crippen LogP contribution in [0, 0.1) is 11.3 Å². The van der Waals surface area contributed by atoms with Crippen molar-refractivity contribution in [3.63, 3.8) is 0 Å². The number of nitrogens with zero attached hydrogens (tertiary/aromatic N) is 2. The van der Waals surface area contributed by atoms with Crippen LogP contribution in [0.15, 0.2) is 11.6 Å². The Morgan fingerprint density at radius 1 is 1.50 bits per heavy atom. The van der Waals surface area contributed by atoms with E-state index in [0.717, 1.165) is 24.1 Å². The number of ether oxygens (including phenoxy) is 1. The van der Waals surface area contributed by atoms with Crippen molar-refractivity contribution in [2.24, 2.45) is 11.3 Å². The standard InChI is InChI=1S/C15H20N2O2S/c1-10-6-11(8-15(2,3)7-10)19-13-12(9-18)17-4-5-20-14(17)16-13/h4-5,9-11H,6-8H2,1-3H3. The Morgan fingerprint density at radius 3 is 3.00 bits per heavy atom. The minimum absolute atomic E-state index is 0.150. The Morgan fingerprint density at radius 2 is 2.30 bits per heavy atom. The summed E-state index contributed by atoms with van der Waals surface area (Å²) in [5.41, 5.74) is 0.818. The molecule has 3 rings (SSSR count). The van der Waals surface area contributed by atoms with Gasteiger partial charge in [-0.05, 0) is 30.6 Å². The van der Waals surface area contributed by atoms with Gasteiger partial charge in [0, 0.05) is 11.6 Å². The first-order valence-corrected chi connectivity index (χ1v) is 7.94. The molecule has 2 aromatic rings. The number of rotatable bonds is 3. The van der Waals surface area contributed by atoms with Gasteiger partial charge in [-0.25, -0.2) is 0 Å². The lowest BCUT2D eigenvalue weighted by molar-refractivity contribution is 0.0530. The average Bonchev–Trinajstić information content (AvgIpc) is 2.85. The average molecular weight is 292 g/mol. The van der Waals surface area contributed by atoms with E-state index < -0.39 is 0 Å². The molecular weight excluding hydrogens is 272 g/mol. The third kappa shape index (κ3) is 2.46.